The Morgan fingerprint density at radius 1 is 1.03 bits per heavy atom. The van der Waals surface area contributed by atoms with Gasteiger partial charge in [-0.1, -0.05) is 12.1 Å². The summed E-state index contributed by atoms with van der Waals surface area (Å²) in [5.74, 6) is -1.44. The lowest BCUT2D eigenvalue weighted by atomic mass is 10.2. The summed E-state index contributed by atoms with van der Waals surface area (Å²) in [7, 11) is 0. The molecule has 2 N–H and O–H groups in total. The summed E-state index contributed by atoms with van der Waals surface area (Å²) >= 11 is 0. The van der Waals surface area contributed by atoms with E-state index in [1.807, 2.05) is 0 Å². The highest BCUT2D eigenvalue weighted by Gasteiger charge is 2.17. The van der Waals surface area contributed by atoms with Crippen molar-refractivity contribution in [1.82, 2.24) is 0 Å². The molecule has 0 bridgehead atoms. The maximum absolute atomic E-state index is 12.2. The van der Waals surface area contributed by atoms with E-state index in [2.05, 4.69) is 10.6 Å². The van der Waals surface area contributed by atoms with Crippen LogP contribution in [0.4, 0.5) is 21.9 Å². The number of anilines is 2. The monoisotopic (exact) mass is 429 g/mol. The number of nitrogens with zero attached hydrogens (tertiary/aromatic N) is 1. The molecule has 0 atom stereocenters. The molecule has 0 unspecified atom stereocenters. The summed E-state index contributed by atoms with van der Waals surface area (Å²) in [4.78, 5) is 46.5. The summed E-state index contributed by atoms with van der Waals surface area (Å²) in [6, 6.07) is 10.2. The number of hydrogen-bond donors (Lipinski definition) is 2. The van der Waals surface area contributed by atoms with Gasteiger partial charge in [-0.05, 0) is 52.0 Å². The van der Waals surface area contributed by atoms with Crippen molar-refractivity contribution in [3.63, 3.8) is 0 Å². The molecule has 2 rings (SSSR count). The first-order valence-electron chi connectivity index (χ1n) is 9.27. The fourth-order valence-electron chi connectivity index (χ4n) is 2.44. The lowest BCUT2D eigenvalue weighted by Gasteiger charge is -2.19. The van der Waals surface area contributed by atoms with E-state index >= 15 is 0 Å². The van der Waals surface area contributed by atoms with Gasteiger partial charge in [-0.25, -0.2) is 9.59 Å². The lowest BCUT2D eigenvalue weighted by Crippen LogP contribution is -2.27. The van der Waals surface area contributed by atoms with Crippen LogP contribution in [0.25, 0.3) is 0 Å². The number of hydrogen-bond acceptors (Lipinski definition) is 7. The van der Waals surface area contributed by atoms with Gasteiger partial charge in [0.25, 0.3) is 11.6 Å². The van der Waals surface area contributed by atoms with E-state index in [0.717, 1.165) is 0 Å². The van der Waals surface area contributed by atoms with E-state index in [4.69, 9.17) is 9.47 Å². The molecule has 0 heterocycles. The summed E-state index contributed by atoms with van der Waals surface area (Å²) in [5.41, 5.74) is 0.291. The molecule has 0 aliphatic rings. The van der Waals surface area contributed by atoms with Crippen molar-refractivity contribution >= 4 is 35.0 Å². The molecule has 0 aliphatic carbocycles. The molecule has 0 aliphatic heterocycles. The highest BCUT2D eigenvalue weighted by atomic mass is 16.6. The SMILES string of the molecule is Cc1ccc(NC(=O)COC(=O)c2cccc(NC(=O)OC(C)(C)C)c2)cc1[N+](=O)[O-]. The number of ether oxygens (including phenoxy) is 2. The number of aryl methyl sites for hydroxylation is 1. The molecule has 0 fully saturated rings. The Kier molecular flexibility index (Phi) is 7.30. The number of nitro groups is 1. The highest BCUT2D eigenvalue weighted by molar-refractivity contribution is 5.96. The zero-order chi connectivity index (χ0) is 23.2. The van der Waals surface area contributed by atoms with Crippen LogP contribution in [0.5, 0.6) is 0 Å². The van der Waals surface area contributed by atoms with E-state index in [1.54, 1.807) is 33.8 Å². The van der Waals surface area contributed by atoms with Gasteiger partial charge >= 0.3 is 12.1 Å². The van der Waals surface area contributed by atoms with Crippen molar-refractivity contribution in [3.8, 4) is 0 Å². The number of carbonyl (C=O) groups excluding carboxylic acids is 3. The van der Waals surface area contributed by atoms with Crippen LogP contribution in [0, 0.1) is 17.0 Å². The minimum absolute atomic E-state index is 0.118. The van der Waals surface area contributed by atoms with Gasteiger partial charge < -0.3 is 14.8 Å². The van der Waals surface area contributed by atoms with Crippen LogP contribution in [-0.2, 0) is 14.3 Å². The van der Waals surface area contributed by atoms with Gasteiger partial charge in [-0.2, -0.15) is 0 Å². The molecular weight excluding hydrogens is 406 g/mol. The zero-order valence-corrected chi connectivity index (χ0v) is 17.6. The van der Waals surface area contributed by atoms with E-state index < -0.39 is 35.1 Å². The predicted octanol–water partition coefficient (Wildman–Crippen LogP) is 4.05. The second kappa shape index (κ2) is 9.70. The average Bonchev–Trinajstić information content (AvgIpc) is 2.66. The molecule has 164 valence electrons. The van der Waals surface area contributed by atoms with Gasteiger partial charge in [-0.15, -0.1) is 0 Å². The van der Waals surface area contributed by atoms with Gasteiger partial charge in [0, 0.05) is 23.0 Å². The van der Waals surface area contributed by atoms with Crippen molar-refractivity contribution in [2.24, 2.45) is 0 Å². The van der Waals surface area contributed by atoms with Crippen molar-refractivity contribution in [2.45, 2.75) is 33.3 Å². The third-order valence-corrected chi connectivity index (χ3v) is 3.77. The first-order valence-corrected chi connectivity index (χ1v) is 9.27. The molecule has 2 amide bonds. The van der Waals surface area contributed by atoms with Gasteiger partial charge in [0.1, 0.15) is 5.60 Å². The normalized spacial score (nSPS) is 10.7. The van der Waals surface area contributed by atoms with Crippen LogP contribution >= 0.6 is 0 Å². The molecule has 0 radical (unpaired) electrons. The Bertz CT molecular complexity index is 1010. The topological polar surface area (TPSA) is 137 Å². The molecule has 0 spiro atoms. The third-order valence-electron chi connectivity index (χ3n) is 3.77. The smallest absolute Gasteiger partial charge is 0.412 e. The number of amides is 2. The molecule has 10 heteroatoms. The van der Waals surface area contributed by atoms with Gasteiger partial charge in [0.05, 0.1) is 10.5 Å². The van der Waals surface area contributed by atoms with Crippen molar-refractivity contribution < 1.29 is 28.8 Å². The Balaban J connectivity index is 1.94. The van der Waals surface area contributed by atoms with E-state index in [0.29, 0.717) is 11.3 Å². The third kappa shape index (κ3) is 7.42. The summed E-state index contributed by atoms with van der Waals surface area (Å²) in [5, 5.41) is 15.9. The minimum atomic E-state index is -0.780. The molecule has 0 aromatic heterocycles. The van der Waals surface area contributed by atoms with Crippen LogP contribution in [0.1, 0.15) is 36.7 Å². The van der Waals surface area contributed by atoms with Crippen LogP contribution in [-0.4, -0.2) is 35.1 Å². The first kappa shape index (κ1) is 23.3. The van der Waals surface area contributed by atoms with Crippen molar-refractivity contribution in [3.05, 3.63) is 63.7 Å². The van der Waals surface area contributed by atoms with Crippen LogP contribution in [0.15, 0.2) is 42.5 Å². The highest BCUT2D eigenvalue weighted by Crippen LogP contribution is 2.22. The predicted molar refractivity (Wildman–Crippen MR) is 113 cm³/mol. The Morgan fingerprint density at radius 2 is 1.71 bits per heavy atom. The Hall–Kier alpha value is -3.95. The first-order chi connectivity index (χ1) is 14.4. The Labute approximate surface area is 178 Å². The quantitative estimate of drug-likeness (QED) is 0.401. The summed E-state index contributed by atoms with van der Waals surface area (Å²) in [6.07, 6.45) is -0.676. The fraction of sp³-hybridized carbons (Fsp3) is 0.286. The van der Waals surface area contributed by atoms with E-state index in [-0.39, 0.29) is 16.9 Å². The molecule has 0 saturated heterocycles. The Morgan fingerprint density at radius 3 is 2.35 bits per heavy atom. The standard InChI is InChI=1S/C21H23N3O7/c1-13-8-9-16(11-17(13)24(28)29)22-18(25)12-30-19(26)14-6-5-7-15(10-14)23-20(27)31-21(2,3)4/h5-11H,12H2,1-4H3,(H,22,25)(H,23,27). The van der Waals surface area contributed by atoms with Gasteiger partial charge in [-0.3, -0.25) is 20.2 Å². The number of carbonyl (C=O) groups is 3. The number of esters is 1. The molecule has 31 heavy (non-hydrogen) atoms. The number of nitro benzene ring substituents is 1. The second-order valence-electron chi connectivity index (χ2n) is 7.59. The fourth-order valence-corrected chi connectivity index (χ4v) is 2.44. The number of benzene rings is 2. The molecular formula is C21H23N3O7. The summed E-state index contributed by atoms with van der Waals surface area (Å²) in [6.45, 7) is 6.15. The van der Waals surface area contributed by atoms with Crippen molar-refractivity contribution in [1.29, 1.82) is 0 Å². The second-order valence-corrected chi connectivity index (χ2v) is 7.59. The van der Waals surface area contributed by atoms with E-state index in [9.17, 15) is 24.5 Å². The maximum atomic E-state index is 12.2. The zero-order valence-electron chi connectivity index (χ0n) is 17.6. The lowest BCUT2D eigenvalue weighted by molar-refractivity contribution is -0.385. The van der Waals surface area contributed by atoms with Crippen LogP contribution in [0.3, 0.4) is 0 Å². The average molecular weight is 429 g/mol. The largest absolute Gasteiger partial charge is 0.452 e. The van der Waals surface area contributed by atoms with E-state index in [1.165, 1.54) is 36.4 Å². The summed E-state index contributed by atoms with van der Waals surface area (Å²) < 4.78 is 10.1. The van der Waals surface area contributed by atoms with Gasteiger partial charge in [0.15, 0.2) is 6.61 Å². The van der Waals surface area contributed by atoms with Crippen LogP contribution in [0.2, 0.25) is 0 Å². The molecule has 2 aromatic rings. The van der Waals surface area contributed by atoms with Crippen LogP contribution < -0.4 is 10.6 Å². The van der Waals surface area contributed by atoms with Gasteiger partial charge in [0.2, 0.25) is 0 Å². The number of nitrogens with one attached hydrogen (secondary N) is 2. The minimum Gasteiger partial charge on any atom is -0.452 e. The number of rotatable bonds is 6. The van der Waals surface area contributed by atoms with Crippen molar-refractivity contribution in [2.75, 3.05) is 17.2 Å². The molecule has 0 saturated carbocycles. The molecule has 2 aromatic carbocycles. The maximum Gasteiger partial charge on any atom is 0.412 e. The molecule has 10 nitrogen and oxygen atoms in total.